The van der Waals surface area contributed by atoms with E-state index in [2.05, 4.69) is 52.3 Å². The van der Waals surface area contributed by atoms with Crippen molar-refractivity contribution >= 4 is 40.2 Å². The number of rotatable bonds is 4. The first-order valence-electron chi connectivity index (χ1n) is 12.9. The Hall–Kier alpha value is -3.61. The summed E-state index contributed by atoms with van der Waals surface area (Å²) in [6, 6.07) is 12.9. The highest BCUT2D eigenvalue weighted by molar-refractivity contribution is 7.09. The highest BCUT2D eigenvalue weighted by Gasteiger charge is 2.48. The minimum Gasteiger partial charge on any atom is -0.506 e. The number of hydrogen-bond acceptors (Lipinski definition) is 7. The van der Waals surface area contributed by atoms with Crippen LogP contribution in [-0.4, -0.2) is 47.2 Å². The first-order valence-corrected chi connectivity index (χ1v) is 13.8. The van der Waals surface area contributed by atoms with Gasteiger partial charge in [-0.1, -0.05) is 32.9 Å². The SMILES string of the molecule is Cc1nc(NC(=O)Nc2ccccc2N2CC3(CCN(CC(C)(C)C)CC3)c3c(C#N)ccc(O)c32)cs1. The normalized spacial score (nSPS) is 16.8. The highest BCUT2D eigenvalue weighted by atomic mass is 32.1. The molecule has 1 saturated heterocycles. The second-order valence-corrected chi connectivity index (χ2v) is 12.6. The van der Waals surface area contributed by atoms with Crippen LogP contribution in [0.15, 0.2) is 41.8 Å². The van der Waals surface area contributed by atoms with E-state index in [0.717, 1.165) is 48.7 Å². The van der Waals surface area contributed by atoms with Gasteiger partial charge in [0.25, 0.3) is 0 Å². The maximum atomic E-state index is 12.8. The first kappa shape index (κ1) is 26.0. The number of nitrogens with zero attached hydrogens (tertiary/aromatic N) is 4. The number of carbonyl (C=O) groups excluding carboxylic acids is 1. The molecular formula is C29H34N6O2S. The van der Waals surface area contributed by atoms with Crippen molar-refractivity contribution in [3.63, 3.8) is 0 Å². The fourth-order valence-electron chi connectivity index (χ4n) is 5.87. The smallest absolute Gasteiger partial charge is 0.324 e. The van der Waals surface area contributed by atoms with Crippen LogP contribution in [0.1, 0.15) is 49.7 Å². The standard InChI is InChI=1S/C29H34N6O2S/c1-19-31-24(16-38-19)33-27(37)32-21-7-5-6-8-22(21)35-18-29(11-13-34(14-12-29)17-28(2,3)4)25-20(15-30)9-10-23(36)26(25)35/h5-10,16,36H,11-14,17-18H2,1-4H3,(H2,32,33,37). The number of aryl methyl sites for hydroxylation is 1. The van der Waals surface area contributed by atoms with E-state index in [9.17, 15) is 15.2 Å². The molecule has 0 saturated carbocycles. The Morgan fingerprint density at radius 3 is 2.58 bits per heavy atom. The topological polar surface area (TPSA) is 105 Å². The van der Waals surface area contributed by atoms with E-state index in [4.69, 9.17) is 0 Å². The van der Waals surface area contributed by atoms with E-state index in [-0.39, 0.29) is 22.6 Å². The molecule has 198 valence electrons. The maximum Gasteiger partial charge on any atom is 0.324 e. The summed E-state index contributed by atoms with van der Waals surface area (Å²) in [6.45, 7) is 12.2. The summed E-state index contributed by atoms with van der Waals surface area (Å²) in [7, 11) is 0. The van der Waals surface area contributed by atoms with Gasteiger partial charge in [0, 0.05) is 29.4 Å². The zero-order valence-corrected chi connectivity index (χ0v) is 23.2. The monoisotopic (exact) mass is 530 g/mol. The lowest BCUT2D eigenvalue weighted by atomic mass is 9.72. The van der Waals surface area contributed by atoms with E-state index >= 15 is 0 Å². The molecule has 0 bridgehead atoms. The number of phenols is 1. The molecule has 2 aromatic carbocycles. The molecule has 9 heteroatoms. The van der Waals surface area contributed by atoms with Gasteiger partial charge in [-0.05, 0) is 62.5 Å². The quantitative estimate of drug-likeness (QED) is 0.371. The summed E-state index contributed by atoms with van der Waals surface area (Å²) in [5.74, 6) is 0.650. The van der Waals surface area contributed by atoms with Crippen molar-refractivity contribution in [3.8, 4) is 11.8 Å². The van der Waals surface area contributed by atoms with Crippen LogP contribution >= 0.6 is 11.3 Å². The van der Waals surface area contributed by atoms with Gasteiger partial charge in [-0.15, -0.1) is 11.3 Å². The van der Waals surface area contributed by atoms with Crippen molar-refractivity contribution in [1.82, 2.24) is 9.88 Å². The molecule has 3 N–H and O–H groups in total. The number of carbonyl (C=O) groups is 1. The molecule has 1 fully saturated rings. The fourth-order valence-corrected chi connectivity index (χ4v) is 6.42. The van der Waals surface area contributed by atoms with Gasteiger partial charge < -0.3 is 20.2 Å². The third kappa shape index (κ3) is 5.06. The van der Waals surface area contributed by atoms with Crippen LogP contribution < -0.4 is 15.5 Å². The van der Waals surface area contributed by atoms with Crippen LogP contribution in [-0.2, 0) is 5.41 Å². The van der Waals surface area contributed by atoms with Crippen LogP contribution in [0, 0.1) is 23.7 Å². The molecule has 0 unspecified atom stereocenters. The first-order chi connectivity index (χ1) is 18.1. The number of piperidine rings is 1. The third-order valence-electron chi connectivity index (χ3n) is 7.35. The van der Waals surface area contributed by atoms with Crippen molar-refractivity contribution in [2.45, 2.75) is 46.0 Å². The molecule has 2 aliphatic rings. The predicted octanol–water partition coefficient (Wildman–Crippen LogP) is 6.20. The predicted molar refractivity (Wildman–Crippen MR) is 153 cm³/mol. The Bertz CT molecular complexity index is 1390. The van der Waals surface area contributed by atoms with Gasteiger partial charge in [0.05, 0.1) is 33.7 Å². The van der Waals surface area contributed by atoms with Gasteiger partial charge in [-0.3, -0.25) is 5.32 Å². The number of hydrogen-bond donors (Lipinski definition) is 3. The van der Waals surface area contributed by atoms with Crippen LogP contribution in [0.2, 0.25) is 0 Å². The van der Waals surface area contributed by atoms with Crippen molar-refractivity contribution in [2.75, 3.05) is 41.7 Å². The lowest BCUT2D eigenvalue weighted by molar-refractivity contribution is 0.125. The number of urea groups is 1. The fraction of sp³-hybridized carbons (Fsp3) is 0.414. The molecule has 1 aromatic heterocycles. The molecular weight excluding hydrogens is 496 g/mol. The number of aromatic hydroxyl groups is 1. The molecule has 38 heavy (non-hydrogen) atoms. The van der Waals surface area contributed by atoms with Crippen molar-refractivity contribution in [1.29, 1.82) is 5.26 Å². The van der Waals surface area contributed by atoms with E-state index in [0.29, 0.717) is 29.3 Å². The largest absolute Gasteiger partial charge is 0.506 e. The second-order valence-electron chi connectivity index (χ2n) is 11.5. The average Bonchev–Trinajstić information content (AvgIpc) is 3.42. The number of phenolic OH excluding ortho intramolecular Hbond substituents is 1. The molecule has 1 spiro atoms. The number of amides is 2. The minimum atomic E-state index is -0.387. The van der Waals surface area contributed by atoms with Gasteiger partial charge >= 0.3 is 6.03 Å². The van der Waals surface area contributed by atoms with Crippen LogP contribution in [0.3, 0.4) is 0 Å². The van der Waals surface area contributed by atoms with Crippen LogP contribution in [0.25, 0.3) is 0 Å². The number of para-hydroxylation sites is 2. The van der Waals surface area contributed by atoms with E-state index in [1.165, 1.54) is 11.3 Å². The van der Waals surface area contributed by atoms with Gasteiger partial charge in [0.2, 0.25) is 0 Å². The molecule has 2 amide bonds. The lowest BCUT2D eigenvalue weighted by Gasteiger charge is -2.42. The molecule has 0 aliphatic carbocycles. The molecule has 5 rings (SSSR count). The number of fused-ring (bicyclic) bond motifs is 2. The summed E-state index contributed by atoms with van der Waals surface area (Å²) in [5, 5.41) is 29.6. The van der Waals surface area contributed by atoms with Gasteiger partial charge in [-0.2, -0.15) is 5.26 Å². The highest BCUT2D eigenvalue weighted by Crippen LogP contribution is 2.55. The Balaban J connectivity index is 1.48. The molecule has 8 nitrogen and oxygen atoms in total. The summed E-state index contributed by atoms with van der Waals surface area (Å²) >= 11 is 1.47. The number of anilines is 4. The Morgan fingerprint density at radius 1 is 1.18 bits per heavy atom. The number of thiazole rings is 1. The Labute approximate surface area is 227 Å². The molecule has 3 aromatic rings. The van der Waals surface area contributed by atoms with Gasteiger partial charge in [0.1, 0.15) is 11.6 Å². The van der Waals surface area contributed by atoms with Crippen molar-refractivity contribution in [2.24, 2.45) is 5.41 Å². The summed E-state index contributed by atoms with van der Waals surface area (Å²) in [4.78, 5) is 21.7. The summed E-state index contributed by atoms with van der Waals surface area (Å²) in [6.07, 6.45) is 1.79. The number of nitrogens with one attached hydrogen (secondary N) is 2. The summed E-state index contributed by atoms with van der Waals surface area (Å²) in [5.41, 5.74) is 3.53. The zero-order valence-electron chi connectivity index (χ0n) is 22.3. The maximum absolute atomic E-state index is 12.8. The van der Waals surface area contributed by atoms with E-state index in [1.54, 1.807) is 17.5 Å². The van der Waals surface area contributed by atoms with Crippen molar-refractivity contribution < 1.29 is 9.90 Å². The summed E-state index contributed by atoms with van der Waals surface area (Å²) < 4.78 is 0. The molecule has 3 heterocycles. The van der Waals surface area contributed by atoms with Gasteiger partial charge in [-0.25, -0.2) is 9.78 Å². The number of likely N-dealkylation sites (tertiary alicyclic amines) is 1. The van der Waals surface area contributed by atoms with E-state index in [1.807, 2.05) is 31.2 Å². The lowest BCUT2D eigenvalue weighted by Crippen LogP contribution is -2.47. The number of nitriles is 1. The Morgan fingerprint density at radius 2 is 1.92 bits per heavy atom. The second kappa shape index (κ2) is 9.93. The van der Waals surface area contributed by atoms with Gasteiger partial charge in [0.15, 0.2) is 0 Å². The molecule has 0 radical (unpaired) electrons. The zero-order chi connectivity index (χ0) is 27.1. The number of aromatic nitrogens is 1. The Kier molecular flexibility index (Phi) is 6.80. The molecule has 2 aliphatic heterocycles. The van der Waals surface area contributed by atoms with E-state index < -0.39 is 0 Å². The van der Waals surface area contributed by atoms with Crippen LogP contribution in [0.5, 0.6) is 5.75 Å². The van der Waals surface area contributed by atoms with Crippen molar-refractivity contribution in [3.05, 3.63) is 57.9 Å². The molecule has 0 atom stereocenters. The number of benzene rings is 2. The van der Waals surface area contributed by atoms with Crippen LogP contribution in [0.4, 0.5) is 27.7 Å². The minimum absolute atomic E-state index is 0.144. The average molecular weight is 531 g/mol. The third-order valence-corrected chi connectivity index (χ3v) is 8.13.